The largest absolute Gasteiger partial charge is 0.312 e. The van der Waals surface area contributed by atoms with Crippen molar-refractivity contribution >= 4 is 0 Å². The van der Waals surface area contributed by atoms with Crippen molar-refractivity contribution in [2.24, 2.45) is 17.8 Å². The number of hydrogen-bond donors (Lipinski definition) is 1. The van der Waals surface area contributed by atoms with Crippen LogP contribution in [0.4, 0.5) is 0 Å². The Hall–Kier alpha value is -0.0400. The zero-order valence-corrected chi connectivity index (χ0v) is 12.6. The second-order valence-corrected chi connectivity index (χ2v) is 6.55. The molecule has 0 spiro atoms. The minimum Gasteiger partial charge on any atom is -0.312 e. The van der Waals surface area contributed by atoms with E-state index >= 15 is 0 Å². The molecule has 0 fully saturated rings. The summed E-state index contributed by atoms with van der Waals surface area (Å²) in [7, 11) is 0. The van der Waals surface area contributed by atoms with E-state index in [1.54, 1.807) is 0 Å². The molecule has 16 heavy (non-hydrogen) atoms. The molecule has 1 nitrogen and oxygen atoms in total. The van der Waals surface area contributed by atoms with Crippen LogP contribution in [0.3, 0.4) is 0 Å². The van der Waals surface area contributed by atoms with E-state index in [4.69, 9.17) is 0 Å². The molecule has 0 bridgehead atoms. The molecule has 0 aromatic carbocycles. The van der Waals surface area contributed by atoms with Gasteiger partial charge in [-0.25, -0.2) is 0 Å². The summed E-state index contributed by atoms with van der Waals surface area (Å²) in [5.74, 6) is 2.52. The van der Waals surface area contributed by atoms with E-state index in [0.717, 1.165) is 24.3 Å². The van der Waals surface area contributed by atoms with Gasteiger partial charge in [0.05, 0.1) is 0 Å². The SMILES string of the molecule is CCC(CC)CC(CNC(C)(C)C)C(C)C. The first-order valence-corrected chi connectivity index (χ1v) is 7.05. The Balaban J connectivity index is 4.17. The lowest BCUT2D eigenvalue weighted by atomic mass is 9.83. The van der Waals surface area contributed by atoms with Gasteiger partial charge in [-0.15, -0.1) is 0 Å². The third kappa shape index (κ3) is 7.27. The maximum atomic E-state index is 3.66. The minimum absolute atomic E-state index is 0.251. The standard InChI is InChI=1S/C15H33N/c1-8-13(9-2)10-14(12(3)4)11-16-15(5,6)7/h12-14,16H,8-11H2,1-7H3. The number of nitrogens with one attached hydrogen (secondary N) is 1. The van der Waals surface area contributed by atoms with Crippen molar-refractivity contribution in [3.63, 3.8) is 0 Å². The summed E-state index contributed by atoms with van der Waals surface area (Å²) in [5.41, 5.74) is 0.251. The molecule has 0 amide bonds. The molecule has 0 heterocycles. The van der Waals surface area contributed by atoms with Crippen molar-refractivity contribution in [2.45, 2.75) is 73.3 Å². The first-order valence-electron chi connectivity index (χ1n) is 7.05. The molecule has 1 heteroatoms. The summed E-state index contributed by atoms with van der Waals surface area (Å²) in [5, 5.41) is 3.66. The van der Waals surface area contributed by atoms with Crippen LogP contribution in [0.15, 0.2) is 0 Å². The molecule has 0 rings (SSSR count). The van der Waals surface area contributed by atoms with E-state index in [0.29, 0.717) is 0 Å². The number of rotatable bonds is 7. The Labute approximate surface area is 103 Å². The van der Waals surface area contributed by atoms with Crippen LogP contribution in [0.1, 0.15) is 67.7 Å². The highest BCUT2D eigenvalue weighted by Crippen LogP contribution is 2.24. The van der Waals surface area contributed by atoms with Crippen molar-refractivity contribution in [2.75, 3.05) is 6.54 Å². The molecule has 0 aliphatic heterocycles. The first-order chi connectivity index (χ1) is 7.30. The Morgan fingerprint density at radius 3 is 1.81 bits per heavy atom. The smallest absolute Gasteiger partial charge is 0.00966 e. The molecule has 0 saturated heterocycles. The average molecular weight is 227 g/mol. The van der Waals surface area contributed by atoms with Gasteiger partial charge in [0, 0.05) is 5.54 Å². The van der Waals surface area contributed by atoms with Crippen LogP contribution >= 0.6 is 0 Å². The maximum absolute atomic E-state index is 3.66. The van der Waals surface area contributed by atoms with Crippen molar-refractivity contribution in [3.05, 3.63) is 0 Å². The third-order valence-corrected chi connectivity index (χ3v) is 3.63. The van der Waals surface area contributed by atoms with Crippen LogP contribution in [-0.2, 0) is 0 Å². The Morgan fingerprint density at radius 1 is 1.00 bits per heavy atom. The highest BCUT2D eigenvalue weighted by Gasteiger charge is 2.19. The lowest BCUT2D eigenvalue weighted by molar-refractivity contribution is 0.254. The van der Waals surface area contributed by atoms with Gasteiger partial charge in [0.2, 0.25) is 0 Å². The highest BCUT2D eigenvalue weighted by atomic mass is 14.9. The van der Waals surface area contributed by atoms with Gasteiger partial charge in [-0.2, -0.15) is 0 Å². The average Bonchev–Trinajstić information content (AvgIpc) is 2.16. The molecule has 0 aromatic heterocycles. The van der Waals surface area contributed by atoms with E-state index in [1.807, 2.05) is 0 Å². The fourth-order valence-corrected chi connectivity index (χ4v) is 2.08. The van der Waals surface area contributed by atoms with Gasteiger partial charge in [-0.05, 0) is 51.5 Å². The Bertz CT molecular complexity index is 163. The quantitative estimate of drug-likeness (QED) is 0.676. The normalized spacial score (nSPS) is 14.8. The first kappa shape index (κ1) is 16.0. The topological polar surface area (TPSA) is 12.0 Å². The van der Waals surface area contributed by atoms with Gasteiger partial charge in [-0.1, -0.05) is 40.5 Å². The third-order valence-electron chi connectivity index (χ3n) is 3.63. The molecule has 0 saturated carbocycles. The molecule has 98 valence electrons. The van der Waals surface area contributed by atoms with Crippen LogP contribution in [0.2, 0.25) is 0 Å². The van der Waals surface area contributed by atoms with Gasteiger partial charge in [0.25, 0.3) is 0 Å². The van der Waals surface area contributed by atoms with E-state index in [-0.39, 0.29) is 5.54 Å². The molecular formula is C15H33N. The van der Waals surface area contributed by atoms with E-state index in [1.165, 1.54) is 19.3 Å². The fourth-order valence-electron chi connectivity index (χ4n) is 2.08. The minimum atomic E-state index is 0.251. The lowest BCUT2D eigenvalue weighted by Gasteiger charge is -2.29. The molecule has 1 atom stereocenters. The van der Waals surface area contributed by atoms with Crippen molar-refractivity contribution in [1.82, 2.24) is 5.32 Å². The van der Waals surface area contributed by atoms with Crippen molar-refractivity contribution < 1.29 is 0 Å². The van der Waals surface area contributed by atoms with Crippen LogP contribution < -0.4 is 5.32 Å². The van der Waals surface area contributed by atoms with Gasteiger partial charge in [0.1, 0.15) is 0 Å². The van der Waals surface area contributed by atoms with Crippen LogP contribution in [-0.4, -0.2) is 12.1 Å². The predicted octanol–water partition coefficient (Wildman–Crippen LogP) is 4.47. The Morgan fingerprint density at radius 2 is 1.50 bits per heavy atom. The summed E-state index contributed by atoms with van der Waals surface area (Å²) in [6.07, 6.45) is 4.04. The van der Waals surface area contributed by atoms with Gasteiger partial charge < -0.3 is 5.32 Å². The summed E-state index contributed by atoms with van der Waals surface area (Å²) in [4.78, 5) is 0. The lowest BCUT2D eigenvalue weighted by Crippen LogP contribution is -2.40. The molecule has 1 unspecified atom stereocenters. The zero-order chi connectivity index (χ0) is 12.8. The van der Waals surface area contributed by atoms with Gasteiger partial charge in [0.15, 0.2) is 0 Å². The number of hydrogen-bond acceptors (Lipinski definition) is 1. The summed E-state index contributed by atoms with van der Waals surface area (Å²) < 4.78 is 0. The van der Waals surface area contributed by atoms with Gasteiger partial charge in [-0.3, -0.25) is 0 Å². The summed E-state index contributed by atoms with van der Waals surface area (Å²) in [6, 6.07) is 0. The second-order valence-electron chi connectivity index (χ2n) is 6.55. The van der Waals surface area contributed by atoms with Gasteiger partial charge >= 0.3 is 0 Å². The van der Waals surface area contributed by atoms with Crippen LogP contribution in [0.25, 0.3) is 0 Å². The fraction of sp³-hybridized carbons (Fsp3) is 1.00. The zero-order valence-electron chi connectivity index (χ0n) is 12.6. The molecule has 0 aromatic rings. The highest BCUT2D eigenvalue weighted by molar-refractivity contribution is 4.76. The monoisotopic (exact) mass is 227 g/mol. The summed E-state index contributed by atoms with van der Waals surface area (Å²) >= 11 is 0. The van der Waals surface area contributed by atoms with Crippen LogP contribution in [0.5, 0.6) is 0 Å². The van der Waals surface area contributed by atoms with Crippen LogP contribution in [0, 0.1) is 17.8 Å². The summed E-state index contributed by atoms with van der Waals surface area (Å²) in [6.45, 7) is 17.3. The predicted molar refractivity (Wildman–Crippen MR) is 74.8 cm³/mol. The van der Waals surface area contributed by atoms with E-state index in [9.17, 15) is 0 Å². The molecular weight excluding hydrogens is 194 g/mol. The molecule has 0 radical (unpaired) electrons. The molecule has 0 aliphatic rings. The molecule has 1 N–H and O–H groups in total. The van der Waals surface area contributed by atoms with E-state index in [2.05, 4.69) is 53.8 Å². The molecule has 0 aliphatic carbocycles. The van der Waals surface area contributed by atoms with Crippen molar-refractivity contribution in [1.29, 1.82) is 0 Å². The second kappa shape index (κ2) is 7.32. The van der Waals surface area contributed by atoms with Crippen molar-refractivity contribution in [3.8, 4) is 0 Å². The Kier molecular flexibility index (Phi) is 7.30. The maximum Gasteiger partial charge on any atom is 0.00966 e. The van der Waals surface area contributed by atoms with E-state index < -0.39 is 0 Å².